The Bertz CT molecular complexity index is 609. The van der Waals surface area contributed by atoms with Gasteiger partial charge in [-0.05, 0) is 50.0 Å². The monoisotopic (exact) mass is 297 g/mol. The summed E-state index contributed by atoms with van der Waals surface area (Å²) in [5.74, 6) is 0.316. The quantitative estimate of drug-likeness (QED) is 0.552. The summed E-state index contributed by atoms with van der Waals surface area (Å²) in [7, 11) is -3.59. The number of nitrogen functional groups attached to an aromatic ring is 1. The molecular formula is C13H19N3O3S. The predicted molar refractivity (Wildman–Crippen MR) is 75.8 cm³/mol. The molecule has 1 aromatic rings. The maximum absolute atomic E-state index is 12.4. The minimum atomic E-state index is -3.59. The fraction of sp³-hybridized carbons (Fsp3) is 0.538. The minimum Gasteiger partial charge on any atom is -0.506 e. The molecule has 3 heterocycles. The molecule has 1 unspecified atom stereocenters. The third kappa shape index (κ3) is 2.48. The van der Waals surface area contributed by atoms with Crippen LogP contribution in [0.5, 0.6) is 5.75 Å². The Kier molecular flexibility index (Phi) is 3.35. The van der Waals surface area contributed by atoms with Crippen molar-refractivity contribution in [3.05, 3.63) is 18.2 Å². The van der Waals surface area contributed by atoms with E-state index in [2.05, 4.69) is 9.62 Å². The van der Waals surface area contributed by atoms with Crippen LogP contribution in [0.25, 0.3) is 0 Å². The van der Waals surface area contributed by atoms with Crippen LogP contribution in [-0.4, -0.2) is 44.1 Å². The van der Waals surface area contributed by atoms with E-state index in [0.29, 0.717) is 5.92 Å². The summed E-state index contributed by atoms with van der Waals surface area (Å²) in [6.45, 7) is 2.90. The van der Waals surface area contributed by atoms with Crippen LogP contribution in [-0.2, 0) is 10.0 Å². The number of sulfonamides is 1. The lowest BCUT2D eigenvalue weighted by molar-refractivity contribution is 0.0827. The number of hydrogen-bond acceptors (Lipinski definition) is 5. The smallest absolute Gasteiger partial charge is 0.240 e. The molecule has 110 valence electrons. The van der Waals surface area contributed by atoms with Crippen molar-refractivity contribution in [3.8, 4) is 5.75 Å². The Morgan fingerprint density at radius 1 is 1.30 bits per heavy atom. The van der Waals surface area contributed by atoms with E-state index in [1.165, 1.54) is 18.2 Å². The van der Waals surface area contributed by atoms with Gasteiger partial charge in [0.05, 0.1) is 10.6 Å². The SMILES string of the molecule is Nc1cc(S(=O)(=O)NC2CN3CCC2CC3)ccc1O. The molecular weight excluding hydrogens is 278 g/mol. The van der Waals surface area contributed by atoms with Gasteiger partial charge in [-0.25, -0.2) is 13.1 Å². The van der Waals surface area contributed by atoms with Crippen LogP contribution < -0.4 is 10.5 Å². The Labute approximate surface area is 118 Å². The number of fused-ring (bicyclic) bond motifs is 3. The average Bonchev–Trinajstić information content (AvgIpc) is 2.42. The predicted octanol–water partition coefficient (Wildman–Crippen LogP) is 0.347. The van der Waals surface area contributed by atoms with Crippen molar-refractivity contribution in [1.29, 1.82) is 0 Å². The van der Waals surface area contributed by atoms with Gasteiger partial charge in [0, 0.05) is 12.6 Å². The normalized spacial score (nSPS) is 29.5. The minimum absolute atomic E-state index is 0.0301. The van der Waals surface area contributed by atoms with Crippen molar-refractivity contribution >= 4 is 15.7 Å². The summed E-state index contributed by atoms with van der Waals surface area (Å²) in [6.07, 6.45) is 2.09. The Morgan fingerprint density at radius 2 is 2.00 bits per heavy atom. The number of hydrogen-bond donors (Lipinski definition) is 3. The van der Waals surface area contributed by atoms with Crippen molar-refractivity contribution in [2.75, 3.05) is 25.4 Å². The van der Waals surface area contributed by atoms with Crippen molar-refractivity contribution in [3.63, 3.8) is 0 Å². The molecule has 3 fully saturated rings. The van der Waals surface area contributed by atoms with Crippen molar-refractivity contribution in [1.82, 2.24) is 9.62 Å². The zero-order chi connectivity index (χ0) is 14.3. The first-order chi connectivity index (χ1) is 9.45. The summed E-state index contributed by atoms with van der Waals surface area (Å²) in [5.41, 5.74) is 5.63. The van der Waals surface area contributed by atoms with E-state index in [-0.39, 0.29) is 22.4 Å². The van der Waals surface area contributed by atoms with Crippen LogP contribution in [0, 0.1) is 5.92 Å². The number of benzene rings is 1. The lowest BCUT2D eigenvalue weighted by atomic mass is 9.85. The van der Waals surface area contributed by atoms with Crippen LogP contribution in [0.3, 0.4) is 0 Å². The summed E-state index contributed by atoms with van der Waals surface area (Å²) in [6, 6.07) is 3.94. The number of nitrogens with zero attached hydrogens (tertiary/aromatic N) is 1. The van der Waals surface area contributed by atoms with E-state index < -0.39 is 10.0 Å². The van der Waals surface area contributed by atoms with E-state index in [9.17, 15) is 13.5 Å². The Hall–Kier alpha value is -1.31. The molecule has 1 aromatic carbocycles. The van der Waals surface area contributed by atoms with Gasteiger partial charge in [0.25, 0.3) is 0 Å². The van der Waals surface area contributed by atoms with Gasteiger partial charge in [-0.2, -0.15) is 0 Å². The molecule has 2 bridgehead atoms. The lowest BCUT2D eigenvalue weighted by Crippen LogP contribution is -2.57. The second-order valence-corrected chi connectivity index (χ2v) is 7.30. The molecule has 1 atom stereocenters. The summed E-state index contributed by atoms with van der Waals surface area (Å²) < 4.78 is 27.5. The second-order valence-electron chi connectivity index (χ2n) is 5.59. The van der Waals surface area contributed by atoms with Crippen LogP contribution in [0.2, 0.25) is 0 Å². The van der Waals surface area contributed by atoms with E-state index in [0.717, 1.165) is 32.5 Å². The number of piperidine rings is 3. The van der Waals surface area contributed by atoms with Crippen LogP contribution >= 0.6 is 0 Å². The molecule has 0 spiro atoms. The third-order valence-corrected chi connectivity index (χ3v) is 5.76. The highest BCUT2D eigenvalue weighted by Crippen LogP contribution is 2.29. The number of anilines is 1. The number of nitrogens with one attached hydrogen (secondary N) is 1. The maximum atomic E-state index is 12.4. The largest absolute Gasteiger partial charge is 0.506 e. The van der Waals surface area contributed by atoms with Crippen molar-refractivity contribution in [2.45, 2.75) is 23.8 Å². The number of aromatic hydroxyl groups is 1. The van der Waals surface area contributed by atoms with E-state index in [4.69, 9.17) is 5.73 Å². The topological polar surface area (TPSA) is 95.7 Å². The molecule has 3 aliphatic heterocycles. The first-order valence-electron chi connectivity index (χ1n) is 6.79. The van der Waals surface area contributed by atoms with Crippen LogP contribution in [0.4, 0.5) is 5.69 Å². The van der Waals surface area contributed by atoms with Gasteiger partial charge >= 0.3 is 0 Å². The average molecular weight is 297 g/mol. The van der Waals surface area contributed by atoms with Gasteiger partial charge in [0.15, 0.2) is 0 Å². The number of phenolic OH excluding ortho intramolecular Hbond substituents is 1. The standard InChI is InChI=1S/C13H19N3O3S/c14-11-7-10(1-2-13(11)17)20(18,19)15-12-8-16-5-3-9(12)4-6-16/h1-2,7,9,12,15,17H,3-6,8,14H2. The van der Waals surface area contributed by atoms with Gasteiger partial charge in [0.1, 0.15) is 5.75 Å². The second kappa shape index (κ2) is 4.91. The molecule has 7 heteroatoms. The third-order valence-electron chi connectivity index (χ3n) is 4.27. The van der Waals surface area contributed by atoms with Gasteiger partial charge in [-0.1, -0.05) is 0 Å². The fourth-order valence-electron chi connectivity index (χ4n) is 3.07. The first kappa shape index (κ1) is 13.7. The van der Waals surface area contributed by atoms with Gasteiger partial charge in [-0.15, -0.1) is 0 Å². The maximum Gasteiger partial charge on any atom is 0.240 e. The fourth-order valence-corrected chi connectivity index (χ4v) is 4.40. The zero-order valence-electron chi connectivity index (χ0n) is 11.1. The molecule has 0 aromatic heterocycles. The molecule has 0 radical (unpaired) electrons. The first-order valence-corrected chi connectivity index (χ1v) is 8.27. The number of phenols is 1. The summed E-state index contributed by atoms with van der Waals surface area (Å²) in [5, 5.41) is 9.37. The number of rotatable bonds is 3. The molecule has 0 amide bonds. The molecule has 6 nitrogen and oxygen atoms in total. The molecule has 3 aliphatic rings. The molecule has 4 N–H and O–H groups in total. The summed E-state index contributed by atoms with van der Waals surface area (Å²) >= 11 is 0. The van der Waals surface area contributed by atoms with Crippen LogP contribution in [0.15, 0.2) is 23.1 Å². The zero-order valence-corrected chi connectivity index (χ0v) is 11.9. The Morgan fingerprint density at radius 3 is 2.55 bits per heavy atom. The van der Waals surface area contributed by atoms with Gasteiger partial charge < -0.3 is 15.7 Å². The highest BCUT2D eigenvalue weighted by molar-refractivity contribution is 7.89. The van der Waals surface area contributed by atoms with E-state index in [1.54, 1.807) is 0 Å². The Balaban J connectivity index is 1.80. The highest BCUT2D eigenvalue weighted by Gasteiger charge is 2.36. The van der Waals surface area contributed by atoms with E-state index in [1.807, 2.05) is 0 Å². The number of nitrogens with two attached hydrogens (primary N) is 1. The van der Waals surface area contributed by atoms with E-state index >= 15 is 0 Å². The van der Waals surface area contributed by atoms with Crippen molar-refractivity contribution < 1.29 is 13.5 Å². The molecule has 0 saturated carbocycles. The van der Waals surface area contributed by atoms with Crippen molar-refractivity contribution in [2.24, 2.45) is 5.92 Å². The molecule has 4 rings (SSSR count). The highest BCUT2D eigenvalue weighted by atomic mass is 32.2. The molecule has 20 heavy (non-hydrogen) atoms. The van der Waals surface area contributed by atoms with Crippen LogP contribution in [0.1, 0.15) is 12.8 Å². The lowest BCUT2D eigenvalue weighted by Gasteiger charge is -2.44. The summed E-state index contributed by atoms with van der Waals surface area (Å²) in [4.78, 5) is 2.39. The van der Waals surface area contributed by atoms with Gasteiger partial charge in [0.2, 0.25) is 10.0 Å². The molecule has 3 saturated heterocycles. The molecule has 0 aliphatic carbocycles. The van der Waals surface area contributed by atoms with Gasteiger partial charge in [-0.3, -0.25) is 0 Å².